The molecule has 2 N–H and O–H groups in total. The molecule has 0 bridgehead atoms. The van der Waals surface area contributed by atoms with E-state index in [-0.39, 0.29) is 23.2 Å². The normalized spacial score (nSPS) is 16.5. The second-order valence-electron chi connectivity index (χ2n) is 6.88. The zero-order valence-corrected chi connectivity index (χ0v) is 14.9. The minimum absolute atomic E-state index is 0.0754. The van der Waals surface area contributed by atoms with E-state index >= 15 is 0 Å². The van der Waals surface area contributed by atoms with Gasteiger partial charge in [-0.1, -0.05) is 0 Å². The molecule has 1 aliphatic rings. The molecule has 0 amide bonds. The molecule has 28 heavy (non-hydrogen) atoms. The topological polar surface area (TPSA) is 127 Å². The lowest BCUT2D eigenvalue weighted by Crippen LogP contribution is -2.23. The summed E-state index contributed by atoms with van der Waals surface area (Å²) in [6.45, 7) is 1.67. The number of fused-ring (bicyclic) bond motifs is 3. The van der Waals surface area contributed by atoms with Gasteiger partial charge in [0.2, 0.25) is 5.95 Å². The first-order valence-corrected chi connectivity index (χ1v) is 8.79. The number of pyridine rings is 1. The highest BCUT2D eigenvalue weighted by Gasteiger charge is 2.31. The number of hydrogen-bond acceptors (Lipinski definition) is 6. The molecule has 4 aromatic rings. The Morgan fingerprint density at radius 3 is 2.86 bits per heavy atom. The Morgan fingerprint density at radius 1 is 1.25 bits per heavy atom. The standard InChI is InChI=1S/C19H15N5O4/c1-9-5-15(26)22-19(21-9)24-18(27)16-11-6-10(14-3-2-4-28-14)7-13(25)12(11)8-20-17(16)23-24/h2-5,8,10H,6-7H2,1H3,(H,20,23)(H,21,22,26)/t10-/m1/s1. The molecule has 140 valence electrons. The van der Waals surface area contributed by atoms with Crippen LogP contribution in [0.15, 0.2) is 44.7 Å². The average Bonchev–Trinajstić information content (AvgIpc) is 3.29. The molecule has 0 fully saturated rings. The number of carbonyl (C=O) groups excluding carboxylic acids is 1. The predicted molar refractivity (Wildman–Crippen MR) is 98.9 cm³/mol. The summed E-state index contributed by atoms with van der Waals surface area (Å²) in [4.78, 5) is 48.5. The zero-order chi connectivity index (χ0) is 19.4. The van der Waals surface area contributed by atoms with Gasteiger partial charge < -0.3 is 4.42 Å². The third-order valence-corrected chi connectivity index (χ3v) is 5.02. The van der Waals surface area contributed by atoms with Crippen LogP contribution in [0, 0.1) is 6.92 Å². The van der Waals surface area contributed by atoms with Crippen LogP contribution in [0.2, 0.25) is 0 Å². The molecule has 0 saturated heterocycles. The van der Waals surface area contributed by atoms with Crippen LogP contribution in [-0.4, -0.2) is 30.5 Å². The average molecular weight is 377 g/mol. The smallest absolute Gasteiger partial charge is 0.283 e. The first-order chi connectivity index (χ1) is 13.5. The molecular formula is C19H15N5O4. The van der Waals surface area contributed by atoms with E-state index in [1.807, 2.05) is 6.07 Å². The van der Waals surface area contributed by atoms with Crippen molar-refractivity contribution in [3.63, 3.8) is 0 Å². The van der Waals surface area contributed by atoms with Gasteiger partial charge in [-0.3, -0.25) is 24.5 Å². The van der Waals surface area contributed by atoms with Crippen molar-refractivity contribution in [3.05, 3.63) is 73.9 Å². The Balaban J connectivity index is 1.72. The van der Waals surface area contributed by atoms with Gasteiger partial charge in [0, 0.05) is 35.9 Å². The van der Waals surface area contributed by atoms with E-state index in [9.17, 15) is 14.4 Å². The highest BCUT2D eigenvalue weighted by molar-refractivity contribution is 6.02. The van der Waals surface area contributed by atoms with Crippen LogP contribution in [0.1, 0.15) is 39.7 Å². The van der Waals surface area contributed by atoms with Crippen molar-refractivity contribution >= 4 is 16.8 Å². The van der Waals surface area contributed by atoms with Crippen molar-refractivity contribution in [2.45, 2.75) is 25.7 Å². The number of Topliss-reactive ketones (excluding diaryl/α,β-unsaturated/α-hetero) is 1. The van der Waals surface area contributed by atoms with E-state index in [0.717, 1.165) is 4.68 Å². The van der Waals surface area contributed by atoms with E-state index in [4.69, 9.17) is 4.42 Å². The monoisotopic (exact) mass is 377 g/mol. The molecule has 0 spiro atoms. The van der Waals surface area contributed by atoms with Crippen LogP contribution in [-0.2, 0) is 6.42 Å². The number of carbonyl (C=O) groups is 1. The molecule has 0 aromatic carbocycles. The first kappa shape index (κ1) is 16.4. The molecule has 4 heterocycles. The van der Waals surface area contributed by atoms with E-state index in [2.05, 4.69) is 20.1 Å². The third-order valence-electron chi connectivity index (χ3n) is 5.02. The lowest BCUT2D eigenvalue weighted by molar-refractivity contribution is 0.0960. The Hall–Kier alpha value is -3.75. The van der Waals surface area contributed by atoms with Crippen molar-refractivity contribution in [2.75, 3.05) is 0 Å². The molecule has 0 radical (unpaired) electrons. The number of aryl methyl sites for hydroxylation is 1. The van der Waals surface area contributed by atoms with Crippen LogP contribution in [0.3, 0.4) is 0 Å². The fraction of sp³-hybridized carbons (Fsp3) is 0.211. The summed E-state index contributed by atoms with van der Waals surface area (Å²) in [6, 6.07) is 4.95. The number of furan rings is 1. The van der Waals surface area contributed by atoms with Crippen molar-refractivity contribution in [1.29, 1.82) is 0 Å². The summed E-state index contributed by atoms with van der Waals surface area (Å²) >= 11 is 0. The maximum atomic E-state index is 13.1. The van der Waals surface area contributed by atoms with Gasteiger partial charge in [0.25, 0.3) is 11.1 Å². The van der Waals surface area contributed by atoms with E-state index in [0.29, 0.717) is 46.5 Å². The van der Waals surface area contributed by atoms with Gasteiger partial charge in [-0.25, -0.2) is 9.97 Å². The van der Waals surface area contributed by atoms with Crippen LogP contribution < -0.4 is 11.1 Å². The fourth-order valence-corrected chi connectivity index (χ4v) is 3.78. The van der Waals surface area contributed by atoms with E-state index < -0.39 is 5.56 Å². The van der Waals surface area contributed by atoms with Crippen molar-refractivity contribution in [1.82, 2.24) is 24.7 Å². The summed E-state index contributed by atoms with van der Waals surface area (Å²) in [7, 11) is 0. The van der Waals surface area contributed by atoms with Crippen LogP contribution in [0.25, 0.3) is 17.0 Å². The summed E-state index contributed by atoms with van der Waals surface area (Å²) < 4.78 is 6.62. The maximum Gasteiger partial charge on any atom is 0.283 e. The second kappa shape index (κ2) is 5.88. The fourth-order valence-electron chi connectivity index (χ4n) is 3.78. The third kappa shape index (κ3) is 2.43. The van der Waals surface area contributed by atoms with Gasteiger partial charge in [-0.2, -0.15) is 4.68 Å². The first-order valence-electron chi connectivity index (χ1n) is 8.79. The van der Waals surface area contributed by atoms with Crippen LogP contribution in [0.5, 0.6) is 0 Å². The molecule has 9 heteroatoms. The Bertz CT molecular complexity index is 1340. The molecule has 1 atom stereocenters. The Morgan fingerprint density at radius 2 is 2.11 bits per heavy atom. The zero-order valence-electron chi connectivity index (χ0n) is 14.9. The van der Waals surface area contributed by atoms with Gasteiger partial charge in [-0.15, -0.1) is 0 Å². The van der Waals surface area contributed by atoms with Gasteiger partial charge in [0.1, 0.15) is 5.76 Å². The number of hydrogen-bond donors (Lipinski definition) is 2. The van der Waals surface area contributed by atoms with Gasteiger partial charge in [-0.05, 0) is 31.0 Å². The summed E-state index contributed by atoms with van der Waals surface area (Å²) in [5.41, 5.74) is 1.12. The molecule has 4 aromatic heterocycles. The number of ketones is 1. The second-order valence-corrected chi connectivity index (χ2v) is 6.88. The van der Waals surface area contributed by atoms with Crippen LogP contribution in [0.4, 0.5) is 0 Å². The maximum absolute atomic E-state index is 13.1. The molecule has 9 nitrogen and oxygen atoms in total. The van der Waals surface area contributed by atoms with Crippen molar-refractivity contribution < 1.29 is 9.21 Å². The minimum atomic E-state index is -0.416. The number of nitrogens with zero attached hydrogens (tertiary/aromatic N) is 3. The highest BCUT2D eigenvalue weighted by atomic mass is 16.3. The molecule has 5 rings (SSSR count). The van der Waals surface area contributed by atoms with E-state index in [1.165, 1.54) is 12.3 Å². The minimum Gasteiger partial charge on any atom is -0.469 e. The highest BCUT2D eigenvalue weighted by Crippen LogP contribution is 2.34. The largest absolute Gasteiger partial charge is 0.469 e. The summed E-state index contributed by atoms with van der Waals surface area (Å²) in [6.07, 6.45) is 3.85. The molecular weight excluding hydrogens is 362 g/mol. The van der Waals surface area contributed by atoms with Gasteiger partial charge in [0.05, 0.1) is 11.6 Å². The number of nitrogens with one attached hydrogen (secondary N) is 2. The molecule has 0 aliphatic heterocycles. The molecule has 0 saturated carbocycles. The van der Waals surface area contributed by atoms with Crippen LogP contribution >= 0.6 is 0 Å². The number of aromatic nitrogens is 5. The van der Waals surface area contributed by atoms with Gasteiger partial charge >= 0.3 is 0 Å². The Labute approximate surface area is 157 Å². The summed E-state index contributed by atoms with van der Waals surface area (Å²) in [5, 5.41) is 3.20. The number of rotatable bonds is 2. The number of H-pyrrole nitrogens is 2. The summed E-state index contributed by atoms with van der Waals surface area (Å²) in [5.74, 6) is 0.572. The predicted octanol–water partition coefficient (Wildman–Crippen LogP) is 1.61. The molecule has 1 aliphatic carbocycles. The molecule has 0 unspecified atom stereocenters. The lowest BCUT2D eigenvalue weighted by atomic mass is 9.81. The van der Waals surface area contributed by atoms with Crippen molar-refractivity contribution in [2.24, 2.45) is 0 Å². The lowest BCUT2D eigenvalue weighted by Gasteiger charge is -2.21. The number of aromatic amines is 2. The SMILES string of the molecule is Cc1cc(=O)[nH]c(-n2[nH]c3ncc4c(c3c2=O)C[C@@H](c2ccco2)CC4=O)n1. The van der Waals surface area contributed by atoms with Crippen molar-refractivity contribution in [3.8, 4) is 5.95 Å². The Kier molecular flexibility index (Phi) is 3.45. The van der Waals surface area contributed by atoms with E-state index in [1.54, 1.807) is 19.3 Å². The van der Waals surface area contributed by atoms with Gasteiger partial charge in [0.15, 0.2) is 11.4 Å². The quantitative estimate of drug-likeness (QED) is 0.546.